The molecule has 0 N–H and O–H groups in total. The Bertz CT molecular complexity index is 1440. The van der Waals surface area contributed by atoms with Crippen LogP contribution in [0, 0.1) is 6.92 Å². The van der Waals surface area contributed by atoms with Gasteiger partial charge in [-0.05, 0) is 49.2 Å². The van der Waals surface area contributed by atoms with Gasteiger partial charge in [-0.2, -0.15) is 0 Å². The summed E-state index contributed by atoms with van der Waals surface area (Å²) in [5.41, 5.74) is 1.56. The van der Waals surface area contributed by atoms with Gasteiger partial charge >= 0.3 is 0 Å². The van der Waals surface area contributed by atoms with E-state index in [2.05, 4.69) is 0 Å². The lowest BCUT2D eigenvalue weighted by Gasteiger charge is -2.50. The average Bonchev–Trinajstić information content (AvgIpc) is 3.13. The predicted octanol–water partition coefficient (Wildman–Crippen LogP) is 7.41. The Kier molecular flexibility index (Phi) is 6.84. The average molecular weight is 599 g/mol. The smallest absolute Gasteiger partial charge is 0.264 e. The summed E-state index contributed by atoms with van der Waals surface area (Å²) in [6, 6.07) is 10.4. The molecule has 0 aliphatic carbocycles. The molecule has 0 radical (unpaired) electrons. The number of benzene rings is 3. The van der Waals surface area contributed by atoms with Crippen molar-refractivity contribution < 1.29 is 19.1 Å². The maximum atomic E-state index is 13.7. The van der Waals surface area contributed by atoms with Gasteiger partial charge in [0.15, 0.2) is 0 Å². The second kappa shape index (κ2) is 9.68. The van der Waals surface area contributed by atoms with Crippen molar-refractivity contribution >= 4 is 81.4 Å². The lowest BCUT2D eigenvalue weighted by molar-refractivity contribution is -0.130. The molecule has 2 atom stereocenters. The maximum absolute atomic E-state index is 13.7. The van der Waals surface area contributed by atoms with Crippen LogP contribution in [0.2, 0.25) is 25.1 Å². The Morgan fingerprint density at radius 1 is 0.757 bits per heavy atom. The number of nitrogens with zero attached hydrogens (tertiary/aromatic N) is 2. The van der Waals surface area contributed by atoms with E-state index in [1.807, 2.05) is 6.92 Å². The Labute approximate surface area is 237 Å². The monoisotopic (exact) mass is 596 g/mol. The van der Waals surface area contributed by atoms with Crippen LogP contribution < -0.4 is 9.64 Å². The Balaban J connectivity index is 1.63. The number of hydrogen-bond acceptors (Lipinski definition) is 4. The molecule has 0 saturated carbocycles. The van der Waals surface area contributed by atoms with Crippen LogP contribution >= 0.6 is 58.0 Å². The molecule has 2 aliphatic rings. The number of β-lactam (4-membered cyclic amide) rings is 1. The molecule has 6 nitrogen and oxygen atoms in total. The summed E-state index contributed by atoms with van der Waals surface area (Å²) in [7, 11) is 0. The second-order valence-electron chi connectivity index (χ2n) is 8.47. The molecule has 3 aromatic carbocycles. The van der Waals surface area contributed by atoms with E-state index in [1.54, 1.807) is 49.4 Å². The number of imide groups is 1. The van der Waals surface area contributed by atoms with Crippen molar-refractivity contribution in [2.45, 2.75) is 25.9 Å². The molecule has 11 heteroatoms. The zero-order valence-electron chi connectivity index (χ0n) is 19.3. The van der Waals surface area contributed by atoms with Gasteiger partial charge in [0.05, 0.1) is 43.9 Å². The van der Waals surface area contributed by atoms with E-state index in [4.69, 9.17) is 62.7 Å². The normalized spacial score (nSPS) is 18.8. The summed E-state index contributed by atoms with van der Waals surface area (Å²) in [5.74, 6) is -1.38. The summed E-state index contributed by atoms with van der Waals surface area (Å²) < 4.78 is 5.54. The van der Waals surface area contributed by atoms with Gasteiger partial charge < -0.3 is 9.64 Å². The van der Waals surface area contributed by atoms with Gasteiger partial charge in [0.25, 0.3) is 17.7 Å². The number of carbonyl (C=O) groups excluding carboxylic acids is 3. The molecule has 2 heterocycles. The van der Waals surface area contributed by atoms with Gasteiger partial charge in [0, 0.05) is 10.7 Å². The van der Waals surface area contributed by atoms with Crippen molar-refractivity contribution in [3.8, 4) is 5.75 Å². The quantitative estimate of drug-likeness (QED) is 0.133. The van der Waals surface area contributed by atoms with Crippen LogP contribution in [0.15, 0.2) is 42.5 Å². The Hall–Kier alpha value is -2.48. The molecular formula is C26H17Cl5N2O4. The minimum atomic E-state index is -1.17. The van der Waals surface area contributed by atoms with Crippen LogP contribution in [-0.4, -0.2) is 35.3 Å². The topological polar surface area (TPSA) is 66.9 Å². The SMILES string of the molecule is CCOc1ccc([C@@H]2[C@@H](N3C(=O)c4c(Cl)c(Cl)c(Cl)c(Cl)c4C3=O)C(=O)N2c2cccc(Cl)c2C)cc1. The molecule has 1 fully saturated rings. The number of ether oxygens (including phenoxy) is 1. The van der Waals surface area contributed by atoms with Crippen LogP contribution in [-0.2, 0) is 4.79 Å². The first kappa shape index (κ1) is 26.1. The van der Waals surface area contributed by atoms with Gasteiger partial charge in [-0.15, -0.1) is 0 Å². The number of fused-ring (bicyclic) bond motifs is 1. The third kappa shape index (κ3) is 3.89. The van der Waals surface area contributed by atoms with Crippen LogP contribution in [0.4, 0.5) is 5.69 Å². The van der Waals surface area contributed by atoms with Crippen molar-refractivity contribution in [1.29, 1.82) is 0 Å². The predicted molar refractivity (Wildman–Crippen MR) is 145 cm³/mol. The minimum absolute atomic E-state index is 0.144. The van der Waals surface area contributed by atoms with Crippen molar-refractivity contribution in [2.24, 2.45) is 0 Å². The summed E-state index contributed by atoms with van der Waals surface area (Å²) in [6.07, 6.45) is 0. The fraction of sp³-hybridized carbons (Fsp3) is 0.192. The van der Waals surface area contributed by atoms with Crippen LogP contribution in [0.1, 0.15) is 44.8 Å². The van der Waals surface area contributed by atoms with E-state index in [9.17, 15) is 14.4 Å². The van der Waals surface area contributed by atoms with Crippen molar-refractivity contribution in [3.05, 3.63) is 89.8 Å². The van der Waals surface area contributed by atoms with Gasteiger partial charge in [0.1, 0.15) is 11.8 Å². The lowest BCUT2D eigenvalue weighted by Crippen LogP contribution is -2.67. The van der Waals surface area contributed by atoms with Crippen molar-refractivity contribution in [3.63, 3.8) is 0 Å². The Morgan fingerprint density at radius 2 is 1.32 bits per heavy atom. The summed E-state index contributed by atoms with van der Waals surface area (Å²) in [6.45, 7) is 4.15. The number of anilines is 1. The molecular weight excluding hydrogens is 582 g/mol. The van der Waals surface area contributed by atoms with E-state index in [1.165, 1.54) is 4.90 Å². The van der Waals surface area contributed by atoms with Crippen molar-refractivity contribution in [2.75, 3.05) is 11.5 Å². The van der Waals surface area contributed by atoms with E-state index < -0.39 is 29.8 Å². The molecule has 37 heavy (non-hydrogen) atoms. The highest BCUT2D eigenvalue weighted by Gasteiger charge is 2.58. The van der Waals surface area contributed by atoms with Crippen molar-refractivity contribution in [1.82, 2.24) is 4.90 Å². The minimum Gasteiger partial charge on any atom is -0.494 e. The molecule has 1 saturated heterocycles. The Morgan fingerprint density at radius 3 is 1.86 bits per heavy atom. The summed E-state index contributed by atoms with van der Waals surface area (Å²) in [5, 5.41) is -0.205. The van der Waals surface area contributed by atoms with E-state index in [0.29, 0.717) is 34.2 Å². The summed E-state index contributed by atoms with van der Waals surface area (Å²) >= 11 is 31.3. The van der Waals surface area contributed by atoms with Gasteiger partial charge in [-0.1, -0.05) is 76.2 Å². The molecule has 5 rings (SSSR count). The highest BCUT2D eigenvalue weighted by atomic mass is 35.5. The van der Waals surface area contributed by atoms with Gasteiger partial charge in [-0.3, -0.25) is 19.3 Å². The summed E-state index contributed by atoms with van der Waals surface area (Å²) in [4.78, 5) is 43.2. The second-order valence-corrected chi connectivity index (χ2v) is 10.4. The van der Waals surface area contributed by atoms with E-state index in [-0.39, 0.29) is 31.2 Å². The van der Waals surface area contributed by atoms with Crippen LogP contribution in [0.5, 0.6) is 5.75 Å². The van der Waals surface area contributed by atoms with Gasteiger partial charge in [0.2, 0.25) is 0 Å². The van der Waals surface area contributed by atoms with Gasteiger partial charge in [-0.25, -0.2) is 0 Å². The fourth-order valence-corrected chi connectivity index (χ4v) is 5.91. The first-order valence-corrected chi connectivity index (χ1v) is 13.0. The fourth-order valence-electron chi connectivity index (χ4n) is 4.73. The molecule has 0 spiro atoms. The molecule has 3 amide bonds. The van der Waals surface area contributed by atoms with Crippen LogP contribution in [0.25, 0.3) is 0 Å². The lowest BCUT2D eigenvalue weighted by atomic mass is 9.85. The standard InChI is InChI=1S/C26H17Cl5N2O4/c1-3-37-13-9-7-12(8-10-13)22-23(26(36)32(22)15-6-4-5-14(27)11(15)2)33-24(34)16-17(25(33)35)19(29)21(31)20(30)18(16)28/h4-10,22-23H,3H2,1-2H3/t22-,23-/m1/s1. The zero-order chi connectivity index (χ0) is 26.8. The third-order valence-corrected chi connectivity index (χ3v) is 8.72. The third-order valence-electron chi connectivity index (χ3n) is 6.51. The van der Waals surface area contributed by atoms with Crippen LogP contribution in [0.3, 0.4) is 0 Å². The van der Waals surface area contributed by atoms with E-state index in [0.717, 1.165) is 4.90 Å². The molecule has 0 bridgehead atoms. The first-order valence-electron chi connectivity index (χ1n) is 11.1. The maximum Gasteiger partial charge on any atom is 0.264 e. The highest BCUT2D eigenvalue weighted by molar-refractivity contribution is 6.55. The number of hydrogen-bond donors (Lipinski definition) is 0. The number of halogens is 5. The first-order chi connectivity index (χ1) is 17.6. The van der Waals surface area contributed by atoms with E-state index >= 15 is 0 Å². The largest absolute Gasteiger partial charge is 0.494 e. The number of rotatable bonds is 5. The zero-order valence-corrected chi connectivity index (χ0v) is 23.1. The highest BCUT2D eigenvalue weighted by Crippen LogP contribution is 2.50. The molecule has 2 aliphatic heterocycles. The number of amides is 3. The molecule has 0 aromatic heterocycles. The molecule has 3 aromatic rings. The molecule has 0 unspecified atom stereocenters. The molecule has 190 valence electrons. The number of carbonyl (C=O) groups is 3.